The SMILES string of the molecule is C1=Cc2ccccc2OC1.C1CC[Se]CC1.N=C(N)N. The van der Waals surface area contributed by atoms with Crippen LogP contribution >= 0.6 is 0 Å². The summed E-state index contributed by atoms with van der Waals surface area (Å²) < 4.78 is 5.34. The Hall–Kier alpha value is -1.45. The fourth-order valence-corrected chi connectivity index (χ4v) is 3.89. The van der Waals surface area contributed by atoms with Crippen LogP contribution in [0.5, 0.6) is 5.75 Å². The molecule has 0 saturated carbocycles. The third-order valence-electron chi connectivity index (χ3n) is 2.63. The van der Waals surface area contributed by atoms with Gasteiger partial charge in [0.05, 0.1) is 0 Å². The van der Waals surface area contributed by atoms with E-state index >= 15 is 0 Å². The van der Waals surface area contributed by atoms with Gasteiger partial charge in [0.1, 0.15) is 12.4 Å². The standard InChI is InChI=1S/C9H8O.C5H10Se.CH5N3/c1-2-6-9-8(4-1)5-3-7-10-9;1-2-4-6-5-3-1;2-1(3)4/h1-6H,7H2;1-5H2;(H5,2,3,4). The van der Waals surface area contributed by atoms with E-state index in [1.165, 1.54) is 24.8 Å². The van der Waals surface area contributed by atoms with Crippen molar-refractivity contribution in [3.63, 3.8) is 0 Å². The van der Waals surface area contributed by atoms with Gasteiger partial charge in [0.15, 0.2) is 5.96 Å². The quantitative estimate of drug-likeness (QED) is 0.386. The van der Waals surface area contributed by atoms with E-state index < -0.39 is 0 Å². The van der Waals surface area contributed by atoms with Crippen molar-refractivity contribution in [2.24, 2.45) is 11.5 Å². The molecule has 20 heavy (non-hydrogen) atoms. The zero-order chi connectivity index (χ0) is 14.6. The second-order valence-corrected chi connectivity index (χ2v) is 6.95. The summed E-state index contributed by atoms with van der Waals surface area (Å²) in [5, 5.41) is 9.18. The third-order valence-corrected chi connectivity index (χ3v) is 5.05. The Kier molecular flexibility index (Phi) is 8.59. The number of hydrogen-bond acceptors (Lipinski definition) is 2. The van der Waals surface area contributed by atoms with Crippen molar-refractivity contribution in [1.82, 2.24) is 0 Å². The summed E-state index contributed by atoms with van der Waals surface area (Å²) >= 11 is 1.05. The largest absolute Gasteiger partial charge is 0.370 e. The molecule has 4 nitrogen and oxygen atoms in total. The molecule has 5 heteroatoms. The van der Waals surface area contributed by atoms with Crippen LogP contribution in [0.4, 0.5) is 0 Å². The Labute approximate surface area is 127 Å². The minimum Gasteiger partial charge on any atom is -0.370 e. The van der Waals surface area contributed by atoms with Gasteiger partial charge in [-0.15, -0.1) is 0 Å². The van der Waals surface area contributed by atoms with Gasteiger partial charge in [-0.25, -0.2) is 0 Å². The van der Waals surface area contributed by atoms with E-state index in [-0.39, 0.29) is 5.96 Å². The second-order valence-electron chi connectivity index (χ2n) is 4.38. The summed E-state index contributed by atoms with van der Waals surface area (Å²) in [5.41, 5.74) is 10.1. The Morgan fingerprint density at radius 3 is 2.25 bits per heavy atom. The molecule has 1 aromatic rings. The van der Waals surface area contributed by atoms with Crippen molar-refractivity contribution in [2.45, 2.75) is 29.9 Å². The first kappa shape index (κ1) is 16.6. The predicted molar refractivity (Wildman–Crippen MR) is 86.3 cm³/mol. The molecule has 0 bridgehead atoms. The maximum atomic E-state index is 6.06. The summed E-state index contributed by atoms with van der Waals surface area (Å²) in [6.45, 7) is 0.705. The van der Waals surface area contributed by atoms with Gasteiger partial charge in [0.2, 0.25) is 0 Å². The molecule has 0 spiro atoms. The van der Waals surface area contributed by atoms with Crippen LogP contribution in [0.2, 0.25) is 10.6 Å². The number of nitrogens with one attached hydrogen (secondary N) is 1. The zero-order valence-corrected chi connectivity index (χ0v) is 13.4. The van der Waals surface area contributed by atoms with E-state index in [9.17, 15) is 0 Å². The molecule has 5 N–H and O–H groups in total. The molecular weight excluding hydrogens is 317 g/mol. The van der Waals surface area contributed by atoms with Crippen LogP contribution < -0.4 is 16.2 Å². The Bertz CT molecular complexity index is 415. The molecule has 2 aliphatic rings. The van der Waals surface area contributed by atoms with Gasteiger partial charge in [0.25, 0.3) is 0 Å². The molecule has 0 amide bonds. The zero-order valence-electron chi connectivity index (χ0n) is 11.7. The maximum Gasteiger partial charge on any atom is 0.183 e. The van der Waals surface area contributed by atoms with Gasteiger partial charge in [0, 0.05) is 5.56 Å². The van der Waals surface area contributed by atoms with Crippen molar-refractivity contribution >= 4 is 27.0 Å². The monoisotopic (exact) mass is 341 g/mol. The van der Waals surface area contributed by atoms with Gasteiger partial charge in [-0.1, -0.05) is 24.3 Å². The molecule has 0 aliphatic carbocycles. The molecule has 3 rings (SSSR count). The fraction of sp³-hybridized carbons (Fsp3) is 0.400. The topological polar surface area (TPSA) is 85.1 Å². The summed E-state index contributed by atoms with van der Waals surface area (Å²) in [6.07, 6.45) is 8.67. The molecular formula is C15H23N3OSe. The number of nitrogens with two attached hydrogens (primary N) is 2. The molecule has 110 valence electrons. The Morgan fingerprint density at radius 1 is 1.10 bits per heavy atom. The van der Waals surface area contributed by atoms with E-state index in [1.807, 2.05) is 30.3 Å². The van der Waals surface area contributed by atoms with E-state index in [1.54, 1.807) is 10.6 Å². The van der Waals surface area contributed by atoms with Crippen LogP contribution in [-0.4, -0.2) is 27.5 Å². The van der Waals surface area contributed by atoms with E-state index in [0.29, 0.717) is 6.61 Å². The fourth-order valence-electron chi connectivity index (χ4n) is 1.75. The van der Waals surface area contributed by atoms with Crippen molar-refractivity contribution in [2.75, 3.05) is 6.61 Å². The molecule has 2 heterocycles. The molecule has 0 radical (unpaired) electrons. The third kappa shape index (κ3) is 7.87. The van der Waals surface area contributed by atoms with Gasteiger partial charge in [-0.3, -0.25) is 5.41 Å². The molecule has 1 fully saturated rings. The van der Waals surface area contributed by atoms with Gasteiger partial charge in [-0.2, -0.15) is 0 Å². The number of hydrogen-bond donors (Lipinski definition) is 3. The predicted octanol–water partition coefficient (Wildman–Crippen LogP) is 2.64. The average molecular weight is 340 g/mol. The first-order chi connectivity index (χ1) is 9.70. The number of fused-ring (bicyclic) bond motifs is 1. The Morgan fingerprint density at radius 2 is 1.75 bits per heavy atom. The molecule has 1 saturated heterocycles. The molecule has 0 unspecified atom stereocenters. The number of benzene rings is 1. The molecule has 0 aromatic heterocycles. The van der Waals surface area contributed by atoms with Crippen LogP contribution in [0.15, 0.2) is 30.3 Å². The van der Waals surface area contributed by atoms with Crippen molar-refractivity contribution in [1.29, 1.82) is 5.41 Å². The number of para-hydroxylation sites is 1. The first-order valence-electron chi connectivity index (χ1n) is 6.76. The van der Waals surface area contributed by atoms with Crippen LogP contribution in [0, 0.1) is 5.41 Å². The number of rotatable bonds is 0. The minimum atomic E-state index is -0.333. The summed E-state index contributed by atoms with van der Waals surface area (Å²) in [4.78, 5) is 0. The average Bonchev–Trinajstić information content (AvgIpc) is 2.49. The molecule has 1 aromatic carbocycles. The first-order valence-corrected chi connectivity index (χ1v) is 9.18. The maximum absolute atomic E-state index is 6.06. The molecule has 2 aliphatic heterocycles. The van der Waals surface area contributed by atoms with Crippen LogP contribution in [0.3, 0.4) is 0 Å². The minimum absolute atomic E-state index is 0.333. The Balaban J connectivity index is 0.000000172. The van der Waals surface area contributed by atoms with E-state index in [2.05, 4.69) is 17.5 Å². The van der Waals surface area contributed by atoms with Crippen LogP contribution in [-0.2, 0) is 0 Å². The van der Waals surface area contributed by atoms with Crippen molar-refractivity contribution in [3.05, 3.63) is 35.9 Å². The van der Waals surface area contributed by atoms with E-state index in [0.717, 1.165) is 20.7 Å². The van der Waals surface area contributed by atoms with Crippen molar-refractivity contribution in [3.8, 4) is 5.75 Å². The van der Waals surface area contributed by atoms with Crippen LogP contribution in [0.25, 0.3) is 6.08 Å². The molecule has 0 atom stereocenters. The van der Waals surface area contributed by atoms with Gasteiger partial charge >= 0.3 is 44.9 Å². The normalized spacial score (nSPS) is 15.4. The summed E-state index contributed by atoms with van der Waals surface area (Å²) in [5.74, 6) is 0.657. The van der Waals surface area contributed by atoms with Crippen LogP contribution in [0.1, 0.15) is 24.8 Å². The smallest absolute Gasteiger partial charge is 0.183 e. The number of guanidine groups is 1. The summed E-state index contributed by atoms with van der Waals surface area (Å²) in [6, 6.07) is 8.03. The van der Waals surface area contributed by atoms with Crippen molar-refractivity contribution < 1.29 is 4.74 Å². The second kappa shape index (κ2) is 10.4. The van der Waals surface area contributed by atoms with Gasteiger partial charge in [-0.05, 0) is 12.1 Å². The number of ether oxygens (including phenoxy) is 1. The van der Waals surface area contributed by atoms with E-state index in [4.69, 9.17) is 10.1 Å². The summed E-state index contributed by atoms with van der Waals surface area (Å²) in [7, 11) is 0. The van der Waals surface area contributed by atoms with Gasteiger partial charge < -0.3 is 16.2 Å².